The molecule has 1 aliphatic rings. The molecule has 2 atom stereocenters. The lowest BCUT2D eigenvalue weighted by Crippen LogP contribution is -2.25. The van der Waals surface area contributed by atoms with Crippen LogP contribution in [0.4, 0.5) is 5.69 Å². The summed E-state index contributed by atoms with van der Waals surface area (Å²) >= 11 is 12.3. The Labute approximate surface area is 192 Å². The molecule has 0 saturated carbocycles. The van der Waals surface area contributed by atoms with E-state index in [4.69, 9.17) is 23.2 Å². The van der Waals surface area contributed by atoms with Gasteiger partial charge in [-0.1, -0.05) is 35.3 Å². The second kappa shape index (κ2) is 9.75. The van der Waals surface area contributed by atoms with Crippen molar-refractivity contribution in [1.82, 2.24) is 5.32 Å². The Morgan fingerprint density at radius 2 is 1.83 bits per heavy atom. The van der Waals surface area contributed by atoms with Gasteiger partial charge < -0.3 is 10.4 Å². The van der Waals surface area contributed by atoms with Crippen LogP contribution >= 0.6 is 35.6 Å². The minimum Gasteiger partial charge on any atom is -0.481 e. The van der Waals surface area contributed by atoms with Crippen LogP contribution < -0.4 is 10.0 Å². The van der Waals surface area contributed by atoms with Gasteiger partial charge >= 0.3 is 5.97 Å². The predicted molar refractivity (Wildman–Crippen MR) is 123 cm³/mol. The molecule has 30 heavy (non-hydrogen) atoms. The molecule has 2 aromatic carbocycles. The first-order chi connectivity index (χ1) is 13.6. The van der Waals surface area contributed by atoms with Crippen molar-refractivity contribution in [1.29, 1.82) is 0 Å². The number of carboxylic acids is 1. The standard InChI is InChI=1S/C20H22Cl2N2O4S.ClH/c1-23-18-6-4-13(11-3-5-16(21)17(22)8-11)14-7-12(9-20(25)26)19(10-15(14)18)24-29(2,27)28;/h3,5,7-8,10,13,18,23-24H,4,6,9H2,1-2H3,(H,25,26);1H. The molecule has 0 heterocycles. The maximum absolute atomic E-state index is 11.8. The molecule has 10 heteroatoms. The van der Waals surface area contributed by atoms with Crippen molar-refractivity contribution in [2.75, 3.05) is 18.0 Å². The summed E-state index contributed by atoms with van der Waals surface area (Å²) in [5.74, 6) is -1.03. The SMILES string of the molecule is CNC1CCC(c2ccc(Cl)c(Cl)c2)c2cc(CC(=O)O)c(NS(C)(=O)=O)cc21.Cl. The second-order valence-electron chi connectivity index (χ2n) is 7.23. The summed E-state index contributed by atoms with van der Waals surface area (Å²) in [6, 6.07) is 9.08. The Balaban J connectivity index is 0.00000320. The number of rotatable bonds is 6. The molecule has 1 aliphatic carbocycles. The van der Waals surface area contributed by atoms with Crippen LogP contribution in [0.1, 0.15) is 47.1 Å². The fourth-order valence-corrected chi connectivity index (χ4v) is 4.80. The van der Waals surface area contributed by atoms with Crippen LogP contribution in [0.25, 0.3) is 0 Å². The van der Waals surface area contributed by atoms with Gasteiger partial charge in [0.05, 0.1) is 28.4 Å². The zero-order valence-corrected chi connectivity index (χ0v) is 19.6. The predicted octanol–water partition coefficient (Wildman–Crippen LogP) is 4.60. The molecule has 0 radical (unpaired) electrons. The molecule has 6 nitrogen and oxygen atoms in total. The molecular formula is C20H23Cl3N2O4S. The van der Waals surface area contributed by atoms with E-state index in [2.05, 4.69) is 10.0 Å². The van der Waals surface area contributed by atoms with Crippen molar-refractivity contribution in [2.24, 2.45) is 0 Å². The van der Waals surface area contributed by atoms with Crippen LogP contribution in [-0.2, 0) is 21.2 Å². The molecule has 164 valence electrons. The van der Waals surface area contributed by atoms with E-state index in [1.807, 2.05) is 19.2 Å². The molecule has 2 unspecified atom stereocenters. The summed E-state index contributed by atoms with van der Waals surface area (Å²) in [5.41, 5.74) is 3.60. The first-order valence-electron chi connectivity index (χ1n) is 9.07. The van der Waals surface area contributed by atoms with Gasteiger partial charge in [-0.15, -0.1) is 12.4 Å². The third-order valence-electron chi connectivity index (χ3n) is 5.14. The minimum atomic E-state index is -3.56. The zero-order valence-electron chi connectivity index (χ0n) is 16.4. The number of nitrogens with one attached hydrogen (secondary N) is 2. The topological polar surface area (TPSA) is 95.5 Å². The second-order valence-corrected chi connectivity index (χ2v) is 9.79. The van der Waals surface area contributed by atoms with Gasteiger partial charge in [-0.25, -0.2) is 8.42 Å². The largest absolute Gasteiger partial charge is 0.481 e. The molecule has 0 bridgehead atoms. The summed E-state index contributed by atoms with van der Waals surface area (Å²) < 4.78 is 26.1. The van der Waals surface area contributed by atoms with Crippen LogP contribution in [0.2, 0.25) is 10.0 Å². The smallest absolute Gasteiger partial charge is 0.307 e. The van der Waals surface area contributed by atoms with Crippen molar-refractivity contribution >= 4 is 57.3 Å². The summed E-state index contributed by atoms with van der Waals surface area (Å²) in [7, 11) is -1.71. The molecule has 0 fully saturated rings. The number of benzene rings is 2. The summed E-state index contributed by atoms with van der Waals surface area (Å²) in [5, 5.41) is 13.5. The molecule has 0 saturated heterocycles. The van der Waals surface area contributed by atoms with Crippen molar-refractivity contribution in [3.8, 4) is 0 Å². The highest BCUT2D eigenvalue weighted by atomic mass is 35.5. The average molecular weight is 494 g/mol. The fraction of sp³-hybridized carbons (Fsp3) is 0.350. The normalized spacial score (nSPS) is 18.3. The maximum Gasteiger partial charge on any atom is 0.307 e. The third-order valence-corrected chi connectivity index (χ3v) is 6.46. The number of hydrogen-bond donors (Lipinski definition) is 3. The Bertz CT molecular complexity index is 1060. The van der Waals surface area contributed by atoms with Crippen LogP contribution in [-0.4, -0.2) is 32.8 Å². The van der Waals surface area contributed by atoms with E-state index < -0.39 is 16.0 Å². The average Bonchev–Trinajstić information content (AvgIpc) is 2.62. The lowest BCUT2D eigenvalue weighted by molar-refractivity contribution is -0.136. The minimum absolute atomic E-state index is 0. The molecule has 0 spiro atoms. The molecule has 0 amide bonds. The molecule has 0 aromatic heterocycles. The number of fused-ring (bicyclic) bond motifs is 1. The number of carboxylic acid groups (broad SMARTS) is 1. The van der Waals surface area contributed by atoms with Crippen LogP contribution in [0.3, 0.4) is 0 Å². The highest BCUT2D eigenvalue weighted by Crippen LogP contribution is 2.44. The summed E-state index contributed by atoms with van der Waals surface area (Å²) in [6.45, 7) is 0. The van der Waals surface area contributed by atoms with Gasteiger partial charge in [-0.05, 0) is 60.3 Å². The Kier molecular flexibility index (Phi) is 8.04. The highest BCUT2D eigenvalue weighted by molar-refractivity contribution is 7.92. The van der Waals surface area contributed by atoms with Crippen molar-refractivity contribution in [3.05, 3.63) is 62.6 Å². The van der Waals surface area contributed by atoms with Gasteiger partial charge in [0.25, 0.3) is 0 Å². The Morgan fingerprint density at radius 1 is 1.13 bits per heavy atom. The van der Waals surface area contributed by atoms with E-state index in [1.54, 1.807) is 18.2 Å². The fourth-order valence-electron chi connectivity index (χ4n) is 3.91. The molecule has 2 aromatic rings. The van der Waals surface area contributed by atoms with Crippen molar-refractivity contribution in [2.45, 2.75) is 31.2 Å². The third kappa shape index (κ3) is 5.59. The molecule has 0 aliphatic heterocycles. The highest BCUT2D eigenvalue weighted by Gasteiger charge is 2.30. The van der Waals surface area contributed by atoms with E-state index in [0.717, 1.165) is 35.8 Å². The van der Waals surface area contributed by atoms with E-state index in [0.29, 0.717) is 21.3 Å². The van der Waals surface area contributed by atoms with Crippen molar-refractivity contribution < 1.29 is 18.3 Å². The Hall–Kier alpha value is -1.51. The number of sulfonamides is 1. The van der Waals surface area contributed by atoms with Crippen molar-refractivity contribution in [3.63, 3.8) is 0 Å². The van der Waals surface area contributed by atoms with Gasteiger partial charge in [0.15, 0.2) is 0 Å². The van der Waals surface area contributed by atoms with E-state index in [9.17, 15) is 18.3 Å². The van der Waals surface area contributed by atoms with Crippen LogP contribution in [0, 0.1) is 0 Å². The van der Waals surface area contributed by atoms with E-state index in [-0.39, 0.29) is 30.8 Å². The molecule has 3 N–H and O–H groups in total. The first kappa shape index (κ1) is 24.8. The number of anilines is 1. The van der Waals surface area contributed by atoms with Gasteiger partial charge in [-0.3, -0.25) is 9.52 Å². The first-order valence-corrected chi connectivity index (χ1v) is 11.7. The monoisotopic (exact) mass is 492 g/mol. The van der Waals surface area contributed by atoms with Gasteiger partial charge in [0.2, 0.25) is 10.0 Å². The lowest BCUT2D eigenvalue weighted by atomic mass is 9.75. The van der Waals surface area contributed by atoms with Gasteiger partial charge in [-0.2, -0.15) is 0 Å². The summed E-state index contributed by atoms with van der Waals surface area (Å²) in [4.78, 5) is 11.4. The number of hydrogen-bond acceptors (Lipinski definition) is 4. The number of halogens is 3. The van der Waals surface area contributed by atoms with Gasteiger partial charge in [0.1, 0.15) is 0 Å². The Morgan fingerprint density at radius 3 is 2.40 bits per heavy atom. The summed E-state index contributed by atoms with van der Waals surface area (Å²) in [6.07, 6.45) is 2.43. The zero-order chi connectivity index (χ0) is 21.3. The molecular weight excluding hydrogens is 471 g/mol. The molecule has 3 rings (SSSR count). The van der Waals surface area contributed by atoms with E-state index >= 15 is 0 Å². The quantitative estimate of drug-likeness (QED) is 0.546. The van der Waals surface area contributed by atoms with Crippen LogP contribution in [0.15, 0.2) is 30.3 Å². The van der Waals surface area contributed by atoms with Crippen LogP contribution in [0.5, 0.6) is 0 Å². The van der Waals surface area contributed by atoms with E-state index in [1.165, 1.54) is 0 Å². The lowest BCUT2D eigenvalue weighted by Gasteiger charge is -2.33. The maximum atomic E-state index is 11.8. The van der Waals surface area contributed by atoms with Gasteiger partial charge in [0, 0.05) is 12.0 Å². The number of carbonyl (C=O) groups is 1. The number of aliphatic carboxylic acids is 1.